The van der Waals surface area contributed by atoms with Gasteiger partial charge in [0.1, 0.15) is 0 Å². The molecule has 1 amide bonds. The van der Waals surface area contributed by atoms with Gasteiger partial charge in [-0.1, -0.05) is 0 Å². The van der Waals surface area contributed by atoms with E-state index in [-0.39, 0.29) is 17.6 Å². The maximum Gasteiger partial charge on any atom is 0.222 e. The van der Waals surface area contributed by atoms with Crippen LogP contribution in [0.5, 0.6) is 0 Å². The van der Waals surface area contributed by atoms with Gasteiger partial charge >= 0.3 is 0 Å². The molecule has 134 valence electrons. The fourth-order valence-corrected chi connectivity index (χ4v) is 3.37. The number of carbonyl (C=O) groups is 2. The topological polar surface area (TPSA) is 83.9 Å². The molecule has 1 fully saturated rings. The number of likely N-dealkylation sites (tertiary alicyclic amines) is 1. The van der Waals surface area contributed by atoms with Crippen LogP contribution in [0.25, 0.3) is 0 Å². The van der Waals surface area contributed by atoms with E-state index >= 15 is 0 Å². The third-order valence-corrected chi connectivity index (χ3v) is 5.12. The molecule has 2 aromatic rings. The summed E-state index contributed by atoms with van der Waals surface area (Å²) in [6.07, 6.45) is 6.12. The number of aromatic amines is 1. The number of H-pyrrole nitrogens is 1. The highest BCUT2D eigenvalue weighted by Gasteiger charge is 2.30. The molecule has 2 aromatic heterocycles. The maximum absolute atomic E-state index is 12.6. The fraction of sp³-hybridized carbons (Fsp3) is 0.556. The van der Waals surface area contributed by atoms with Crippen LogP contribution in [-0.2, 0) is 18.3 Å². The van der Waals surface area contributed by atoms with Crippen LogP contribution in [0.2, 0.25) is 0 Å². The summed E-state index contributed by atoms with van der Waals surface area (Å²) in [6.45, 7) is 5.21. The summed E-state index contributed by atoms with van der Waals surface area (Å²) in [5.74, 6) is 0.441. The van der Waals surface area contributed by atoms with Crippen LogP contribution in [-0.4, -0.2) is 49.4 Å². The molecular weight excluding hydrogens is 318 g/mol. The summed E-state index contributed by atoms with van der Waals surface area (Å²) in [7, 11) is 1.82. The number of rotatable bonds is 5. The Labute approximate surface area is 147 Å². The van der Waals surface area contributed by atoms with Gasteiger partial charge in [-0.05, 0) is 32.3 Å². The zero-order chi connectivity index (χ0) is 18.0. The maximum atomic E-state index is 12.6. The van der Waals surface area contributed by atoms with Gasteiger partial charge < -0.3 is 9.47 Å². The van der Waals surface area contributed by atoms with E-state index in [0.29, 0.717) is 25.2 Å². The Hall–Kier alpha value is -2.44. The molecule has 0 aliphatic carbocycles. The minimum atomic E-state index is -0.159. The number of aromatic nitrogens is 4. The van der Waals surface area contributed by atoms with Crippen LogP contribution in [0, 0.1) is 19.8 Å². The van der Waals surface area contributed by atoms with Crippen molar-refractivity contribution in [3.63, 3.8) is 0 Å². The minimum Gasteiger partial charge on any atom is -0.342 e. The summed E-state index contributed by atoms with van der Waals surface area (Å²) >= 11 is 0. The van der Waals surface area contributed by atoms with Gasteiger partial charge in [0, 0.05) is 57.0 Å². The van der Waals surface area contributed by atoms with Gasteiger partial charge in [-0.25, -0.2) is 4.98 Å². The number of Topliss-reactive ketones (excluding diaryl/α,β-unsaturated/α-hetero) is 1. The van der Waals surface area contributed by atoms with Crippen molar-refractivity contribution < 1.29 is 9.59 Å². The number of aryl methyl sites for hydroxylation is 3. The highest BCUT2D eigenvalue weighted by molar-refractivity contribution is 5.95. The van der Waals surface area contributed by atoms with E-state index in [2.05, 4.69) is 15.2 Å². The number of piperidine rings is 1. The van der Waals surface area contributed by atoms with E-state index in [1.165, 1.54) is 0 Å². The molecule has 0 aromatic carbocycles. The molecule has 1 unspecified atom stereocenters. The van der Waals surface area contributed by atoms with E-state index in [4.69, 9.17) is 0 Å². The van der Waals surface area contributed by atoms with E-state index in [0.717, 1.165) is 36.3 Å². The van der Waals surface area contributed by atoms with Gasteiger partial charge in [-0.2, -0.15) is 5.10 Å². The van der Waals surface area contributed by atoms with Crippen molar-refractivity contribution in [2.24, 2.45) is 13.0 Å². The van der Waals surface area contributed by atoms with E-state index in [9.17, 15) is 9.59 Å². The Morgan fingerprint density at radius 2 is 2.16 bits per heavy atom. The van der Waals surface area contributed by atoms with Gasteiger partial charge in [0.2, 0.25) is 11.7 Å². The lowest BCUT2D eigenvalue weighted by Crippen LogP contribution is -2.42. The van der Waals surface area contributed by atoms with E-state index in [1.807, 2.05) is 25.8 Å². The minimum absolute atomic E-state index is 0.0313. The largest absolute Gasteiger partial charge is 0.342 e. The van der Waals surface area contributed by atoms with Crippen molar-refractivity contribution >= 4 is 11.7 Å². The van der Waals surface area contributed by atoms with Crippen molar-refractivity contribution in [3.8, 4) is 0 Å². The predicted octanol–water partition coefficient (Wildman–Crippen LogP) is 1.81. The first-order chi connectivity index (χ1) is 12.0. The second-order valence-corrected chi connectivity index (χ2v) is 6.83. The van der Waals surface area contributed by atoms with E-state index < -0.39 is 0 Å². The average molecular weight is 343 g/mol. The zero-order valence-electron chi connectivity index (χ0n) is 15.1. The highest BCUT2D eigenvalue weighted by atomic mass is 16.2. The van der Waals surface area contributed by atoms with Crippen LogP contribution in [0.1, 0.15) is 46.8 Å². The molecule has 0 radical (unpaired) electrons. The quantitative estimate of drug-likeness (QED) is 0.839. The number of carbonyl (C=O) groups excluding carboxylic acids is 2. The summed E-state index contributed by atoms with van der Waals surface area (Å²) in [5.41, 5.74) is 3.11. The van der Waals surface area contributed by atoms with Crippen LogP contribution in [0.15, 0.2) is 12.4 Å². The molecule has 1 saturated heterocycles. The molecule has 7 heteroatoms. The van der Waals surface area contributed by atoms with Crippen LogP contribution in [0.3, 0.4) is 0 Å². The van der Waals surface area contributed by atoms with Crippen LogP contribution < -0.4 is 0 Å². The highest BCUT2D eigenvalue weighted by Crippen LogP contribution is 2.21. The molecule has 7 nitrogen and oxygen atoms in total. The Morgan fingerprint density at radius 3 is 2.80 bits per heavy atom. The van der Waals surface area contributed by atoms with Crippen molar-refractivity contribution in [1.29, 1.82) is 0 Å². The zero-order valence-corrected chi connectivity index (χ0v) is 15.1. The normalized spacial score (nSPS) is 17.7. The Morgan fingerprint density at radius 1 is 1.36 bits per heavy atom. The van der Waals surface area contributed by atoms with Gasteiger partial charge in [-0.15, -0.1) is 0 Å². The first-order valence-electron chi connectivity index (χ1n) is 8.77. The number of hydrogen-bond donors (Lipinski definition) is 1. The molecular formula is C18H25N5O2. The number of ketones is 1. The number of nitrogens with one attached hydrogen (secondary N) is 1. The second kappa shape index (κ2) is 7.21. The molecule has 3 heterocycles. The summed E-state index contributed by atoms with van der Waals surface area (Å²) in [6, 6.07) is 0. The van der Waals surface area contributed by atoms with Crippen LogP contribution in [0.4, 0.5) is 0 Å². The fourth-order valence-electron chi connectivity index (χ4n) is 3.37. The Bertz CT molecular complexity index is 776. The molecule has 1 aliphatic rings. The standard InChI is InChI=1S/C18H25N5O2/c1-12-13(2)20-21-15(12)6-7-16(24)23-9-4-5-14(11-23)17(25)18-19-8-10-22(18)3/h8,10,14H,4-7,9,11H2,1-3H3,(H,20,21). The van der Waals surface area contributed by atoms with Crippen molar-refractivity contribution in [1.82, 2.24) is 24.6 Å². The molecule has 25 heavy (non-hydrogen) atoms. The third-order valence-electron chi connectivity index (χ3n) is 5.12. The lowest BCUT2D eigenvalue weighted by atomic mass is 9.93. The van der Waals surface area contributed by atoms with Gasteiger partial charge in [0.15, 0.2) is 5.82 Å². The van der Waals surface area contributed by atoms with Crippen molar-refractivity contribution in [3.05, 3.63) is 35.2 Å². The third kappa shape index (κ3) is 3.65. The summed E-state index contributed by atoms with van der Waals surface area (Å²) in [4.78, 5) is 31.2. The molecule has 1 atom stereocenters. The van der Waals surface area contributed by atoms with Crippen molar-refractivity contribution in [2.45, 2.75) is 39.5 Å². The lowest BCUT2D eigenvalue weighted by molar-refractivity contribution is -0.132. The number of amides is 1. The smallest absolute Gasteiger partial charge is 0.222 e. The summed E-state index contributed by atoms with van der Waals surface area (Å²) in [5, 5.41) is 7.21. The Kier molecular flexibility index (Phi) is 5.01. The molecule has 0 bridgehead atoms. The van der Waals surface area contributed by atoms with Gasteiger partial charge in [-0.3, -0.25) is 14.7 Å². The molecule has 0 spiro atoms. The molecule has 3 rings (SSSR count). The van der Waals surface area contributed by atoms with Gasteiger partial charge in [0.05, 0.1) is 5.69 Å². The van der Waals surface area contributed by atoms with E-state index in [1.54, 1.807) is 17.0 Å². The van der Waals surface area contributed by atoms with Crippen molar-refractivity contribution in [2.75, 3.05) is 13.1 Å². The molecule has 1 N–H and O–H groups in total. The second-order valence-electron chi connectivity index (χ2n) is 6.83. The number of hydrogen-bond acceptors (Lipinski definition) is 4. The molecule has 1 aliphatic heterocycles. The lowest BCUT2D eigenvalue weighted by Gasteiger charge is -2.32. The predicted molar refractivity (Wildman–Crippen MR) is 93.2 cm³/mol. The number of imidazole rings is 1. The van der Waals surface area contributed by atoms with Gasteiger partial charge in [0.25, 0.3) is 0 Å². The average Bonchev–Trinajstić information content (AvgIpc) is 3.19. The first-order valence-corrected chi connectivity index (χ1v) is 8.77. The summed E-state index contributed by atoms with van der Waals surface area (Å²) < 4.78 is 1.74. The first kappa shape index (κ1) is 17.4. The number of nitrogens with zero attached hydrogens (tertiary/aromatic N) is 4. The monoisotopic (exact) mass is 343 g/mol. The molecule has 0 saturated carbocycles. The van der Waals surface area contributed by atoms with Crippen LogP contribution >= 0.6 is 0 Å². The SMILES string of the molecule is Cc1[nH]nc(CCC(=O)N2CCCC(C(=O)c3nccn3C)C2)c1C. The Balaban J connectivity index is 1.59.